The van der Waals surface area contributed by atoms with Crippen molar-refractivity contribution in [3.05, 3.63) is 72.3 Å². The van der Waals surface area contributed by atoms with Crippen LogP contribution >= 0.6 is 0 Å². The molecular weight excluding hydrogens is 390 g/mol. The second-order valence-electron chi connectivity index (χ2n) is 6.24. The van der Waals surface area contributed by atoms with Gasteiger partial charge in [-0.2, -0.15) is 0 Å². The van der Waals surface area contributed by atoms with Gasteiger partial charge >= 0.3 is 0 Å². The first kappa shape index (κ1) is 20.7. The average Bonchev–Trinajstić information content (AvgIpc) is 2.77. The third-order valence-corrected chi connectivity index (χ3v) is 5.93. The topological polar surface area (TPSA) is 73.9 Å². The van der Waals surface area contributed by atoms with Crippen molar-refractivity contribution in [2.45, 2.75) is 11.4 Å². The summed E-state index contributed by atoms with van der Waals surface area (Å²) in [5.41, 5.74) is 2.08. The standard InChI is InChI=1S/C22H23NO5S/c1-26-18-11-9-17(10-12-18)19-13-20(27-2)21(28-3)14-22(19)29(24,25)23-15-16-7-5-4-6-8-16/h4-14,23H,15H2,1-3H3. The Labute approximate surface area is 171 Å². The molecule has 0 aromatic heterocycles. The molecule has 3 aromatic carbocycles. The molecule has 0 saturated heterocycles. The molecule has 0 amide bonds. The molecule has 0 aliphatic rings. The average molecular weight is 413 g/mol. The zero-order chi connectivity index (χ0) is 20.9. The summed E-state index contributed by atoms with van der Waals surface area (Å²) in [7, 11) is 0.733. The summed E-state index contributed by atoms with van der Waals surface area (Å²) >= 11 is 0. The van der Waals surface area contributed by atoms with Crippen LogP contribution in [-0.4, -0.2) is 29.7 Å². The van der Waals surface area contributed by atoms with Crippen LogP contribution in [0.5, 0.6) is 17.2 Å². The molecule has 152 valence electrons. The number of ether oxygens (including phenoxy) is 3. The maximum absolute atomic E-state index is 13.2. The van der Waals surface area contributed by atoms with Gasteiger partial charge in [-0.25, -0.2) is 13.1 Å². The fourth-order valence-electron chi connectivity index (χ4n) is 2.93. The maximum atomic E-state index is 13.2. The van der Waals surface area contributed by atoms with Crippen LogP contribution < -0.4 is 18.9 Å². The molecule has 0 heterocycles. The summed E-state index contributed by atoms with van der Waals surface area (Å²) in [5, 5.41) is 0. The fraction of sp³-hybridized carbons (Fsp3) is 0.182. The summed E-state index contributed by atoms with van der Waals surface area (Å²) in [6.45, 7) is 0.180. The highest BCUT2D eigenvalue weighted by molar-refractivity contribution is 7.89. The monoisotopic (exact) mass is 413 g/mol. The molecule has 0 bridgehead atoms. The predicted octanol–water partition coefficient (Wildman–Crippen LogP) is 3.86. The second-order valence-corrected chi connectivity index (χ2v) is 7.98. The Bertz CT molecular complexity index is 1060. The van der Waals surface area contributed by atoms with Crippen molar-refractivity contribution in [2.24, 2.45) is 0 Å². The molecule has 0 fully saturated rings. The lowest BCUT2D eigenvalue weighted by molar-refractivity contribution is 0.354. The quantitative estimate of drug-likeness (QED) is 0.607. The van der Waals surface area contributed by atoms with Crippen LogP contribution in [0.4, 0.5) is 0 Å². The lowest BCUT2D eigenvalue weighted by Crippen LogP contribution is -2.24. The molecule has 7 heteroatoms. The van der Waals surface area contributed by atoms with Gasteiger partial charge in [0.1, 0.15) is 5.75 Å². The highest BCUT2D eigenvalue weighted by atomic mass is 32.2. The van der Waals surface area contributed by atoms with E-state index in [1.54, 1.807) is 37.4 Å². The Balaban J connectivity index is 2.06. The Morgan fingerprint density at radius 3 is 2.00 bits per heavy atom. The molecule has 1 N–H and O–H groups in total. The first-order chi connectivity index (χ1) is 14.0. The molecule has 0 atom stereocenters. The zero-order valence-electron chi connectivity index (χ0n) is 16.5. The smallest absolute Gasteiger partial charge is 0.241 e. The van der Waals surface area contributed by atoms with E-state index in [4.69, 9.17) is 14.2 Å². The van der Waals surface area contributed by atoms with Crippen LogP contribution in [0.25, 0.3) is 11.1 Å². The molecule has 3 rings (SSSR count). The minimum absolute atomic E-state index is 0.108. The molecule has 3 aromatic rings. The van der Waals surface area contributed by atoms with Crippen LogP contribution in [-0.2, 0) is 16.6 Å². The summed E-state index contributed by atoms with van der Waals surface area (Å²) in [4.78, 5) is 0.108. The molecule has 0 saturated carbocycles. The van der Waals surface area contributed by atoms with Crippen LogP contribution in [0.1, 0.15) is 5.56 Å². The SMILES string of the molecule is COc1ccc(-c2cc(OC)c(OC)cc2S(=O)(=O)NCc2ccccc2)cc1. The lowest BCUT2D eigenvalue weighted by atomic mass is 10.0. The molecule has 0 unspecified atom stereocenters. The number of nitrogens with one attached hydrogen (secondary N) is 1. The zero-order valence-corrected chi connectivity index (χ0v) is 17.3. The Hall–Kier alpha value is -3.03. The van der Waals surface area contributed by atoms with Gasteiger partial charge < -0.3 is 14.2 Å². The molecule has 6 nitrogen and oxygen atoms in total. The first-order valence-electron chi connectivity index (χ1n) is 8.92. The lowest BCUT2D eigenvalue weighted by Gasteiger charge is -2.16. The van der Waals surface area contributed by atoms with Gasteiger partial charge in [-0.1, -0.05) is 42.5 Å². The Kier molecular flexibility index (Phi) is 6.41. The van der Waals surface area contributed by atoms with Crippen LogP contribution in [0.2, 0.25) is 0 Å². The van der Waals surface area contributed by atoms with Gasteiger partial charge in [-0.05, 0) is 29.3 Å². The minimum atomic E-state index is -3.83. The van der Waals surface area contributed by atoms with E-state index >= 15 is 0 Å². The van der Waals surface area contributed by atoms with Crippen LogP contribution in [0.15, 0.2) is 71.6 Å². The van der Waals surface area contributed by atoms with Gasteiger partial charge in [0.2, 0.25) is 10.0 Å². The number of sulfonamides is 1. The van der Waals surface area contributed by atoms with Crippen molar-refractivity contribution in [3.63, 3.8) is 0 Å². The molecule has 0 aliphatic carbocycles. The maximum Gasteiger partial charge on any atom is 0.241 e. The summed E-state index contributed by atoms with van der Waals surface area (Å²) in [6, 6.07) is 19.6. The van der Waals surface area contributed by atoms with Crippen molar-refractivity contribution < 1.29 is 22.6 Å². The molecule has 0 radical (unpaired) electrons. The highest BCUT2D eigenvalue weighted by Gasteiger charge is 2.23. The number of hydrogen-bond donors (Lipinski definition) is 1. The van der Waals surface area contributed by atoms with Crippen molar-refractivity contribution in [2.75, 3.05) is 21.3 Å². The minimum Gasteiger partial charge on any atom is -0.497 e. The van der Waals surface area contributed by atoms with Gasteiger partial charge in [0, 0.05) is 18.2 Å². The van der Waals surface area contributed by atoms with Crippen molar-refractivity contribution in [1.82, 2.24) is 4.72 Å². The van der Waals surface area contributed by atoms with Gasteiger partial charge in [0.05, 0.1) is 26.2 Å². The van der Waals surface area contributed by atoms with E-state index in [-0.39, 0.29) is 11.4 Å². The van der Waals surface area contributed by atoms with Gasteiger partial charge in [0.25, 0.3) is 0 Å². The van der Waals surface area contributed by atoms with Crippen molar-refractivity contribution in [3.8, 4) is 28.4 Å². The van der Waals surface area contributed by atoms with Crippen molar-refractivity contribution >= 4 is 10.0 Å². The summed E-state index contributed by atoms with van der Waals surface area (Å²) in [5.74, 6) is 1.46. The first-order valence-corrected chi connectivity index (χ1v) is 10.4. The Morgan fingerprint density at radius 1 is 0.793 bits per heavy atom. The third-order valence-electron chi connectivity index (χ3n) is 4.49. The van der Waals surface area contributed by atoms with Gasteiger partial charge in [-0.15, -0.1) is 0 Å². The molecule has 0 aliphatic heterocycles. The number of methoxy groups -OCH3 is 3. The van der Waals surface area contributed by atoms with Crippen LogP contribution in [0, 0.1) is 0 Å². The van der Waals surface area contributed by atoms with E-state index in [1.165, 1.54) is 20.3 Å². The van der Waals surface area contributed by atoms with Crippen molar-refractivity contribution in [1.29, 1.82) is 0 Å². The summed E-state index contributed by atoms with van der Waals surface area (Å²) in [6.07, 6.45) is 0. The second kappa shape index (κ2) is 8.98. The van der Waals surface area contributed by atoms with E-state index in [0.29, 0.717) is 28.4 Å². The van der Waals surface area contributed by atoms with E-state index in [9.17, 15) is 8.42 Å². The van der Waals surface area contributed by atoms with Gasteiger partial charge in [0.15, 0.2) is 11.5 Å². The molecule has 0 spiro atoms. The predicted molar refractivity (Wildman–Crippen MR) is 112 cm³/mol. The molecular formula is C22H23NO5S. The molecule has 29 heavy (non-hydrogen) atoms. The highest BCUT2D eigenvalue weighted by Crippen LogP contribution is 2.38. The van der Waals surface area contributed by atoms with E-state index < -0.39 is 10.0 Å². The largest absolute Gasteiger partial charge is 0.497 e. The van der Waals surface area contributed by atoms with Gasteiger partial charge in [-0.3, -0.25) is 0 Å². The number of hydrogen-bond acceptors (Lipinski definition) is 5. The number of benzene rings is 3. The van der Waals surface area contributed by atoms with E-state index in [2.05, 4.69) is 4.72 Å². The Morgan fingerprint density at radius 2 is 1.41 bits per heavy atom. The summed E-state index contributed by atoms with van der Waals surface area (Å²) < 4.78 is 44.9. The normalized spacial score (nSPS) is 11.1. The third kappa shape index (κ3) is 4.70. The van der Waals surface area contributed by atoms with E-state index in [1.807, 2.05) is 30.3 Å². The van der Waals surface area contributed by atoms with E-state index in [0.717, 1.165) is 5.56 Å². The number of rotatable bonds is 8. The fourth-order valence-corrected chi connectivity index (χ4v) is 4.17. The van der Waals surface area contributed by atoms with Crippen LogP contribution in [0.3, 0.4) is 0 Å².